The summed E-state index contributed by atoms with van der Waals surface area (Å²) in [4.78, 5) is 2.36. The first-order chi connectivity index (χ1) is 6.31. The zero-order chi connectivity index (χ0) is 9.26. The minimum Gasteiger partial charge on any atom is -0.395 e. The third kappa shape index (κ3) is 1.87. The van der Waals surface area contributed by atoms with Crippen molar-refractivity contribution in [2.75, 3.05) is 26.2 Å². The van der Waals surface area contributed by atoms with Crippen molar-refractivity contribution in [2.24, 2.45) is 17.6 Å². The van der Waals surface area contributed by atoms with E-state index in [0.29, 0.717) is 12.0 Å². The third-order valence-corrected chi connectivity index (χ3v) is 3.65. The second-order valence-corrected chi connectivity index (χ2v) is 4.50. The summed E-state index contributed by atoms with van der Waals surface area (Å²) in [6.45, 7) is 3.40. The fourth-order valence-electron chi connectivity index (χ4n) is 2.93. The van der Waals surface area contributed by atoms with E-state index in [-0.39, 0.29) is 6.61 Å². The summed E-state index contributed by atoms with van der Waals surface area (Å²) in [7, 11) is 0. The lowest BCUT2D eigenvalue weighted by Crippen LogP contribution is -2.38. The van der Waals surface area contributed by atoms with Gasteiger partial charge in [-0.25, -0.2) is 0 Å². The standard InChI is InChI=1S/C10H20N2O/c11-10-3-1-2-8-6-12(4-5-13)7-9(8)10/h8-10,13H,1-7,11H2. The monoisotopic (exact) mass is 184 g/mol. The molecule has 3 atom stereocenters. The molecule has 2 aliphatic rings. The van der Waals surface area contributed by atoms with Crippen molar-refractivity contribution < 1.29 is 5.11 Å². The number of fused-ring (bicyclic) bond motifs is 1. The van der Waals surface area contributed by atoms with Gasteiger partial charge >= 0.3 is 0 Å². The van der Waals surface area contributed by atoms with E-state index in [4.69, 9.17) is 10.8 Å². The first-order valence-corrected chi connectivity index (χ1v) is 5.40. The highest BCUT2D eigenvalue weighted by molar-refractivity contribution is 4.92. The Kier molecular flexibility index (Phi) is 2.86. The van der Waals surface area contributed by atoms with Crippen molar-refractivity contribution in [3.05, 3.63) is 0 Å². The molecule has 0 aromatic rings. The first-order valence-electron chi connectivity index (χ1n) is 5.40. The number of hydrogen-bond acceptors (Lipinski definition) is 3. The maximum Gasteiger partial charge on any atom is 0.0558 e. The molecule has 3 heteroatoms. The van der Waals surface area contributed by atoms with Crippen LogP contribution in [0.25, 0.3) is 0 Å². The molecule has 0 aromatic carbocycles. The highest BCUT2D eigenvalue weighted by Gasteiger charge is 2.38. The van der Waals surface area contributed by atoms with E-state index in [1.807, 2.05) is 0 Å². The minimum absolute atomic E-state index is 0.286. The van der Waals surface area contributed by atoms with Crippen LogP contribution in [0.1, 0.15) is 19.3 Å². The van der Waals surface area contributed by atoms with Crippen molar-refractivity contribution in [3.63, 3.8) is 0 Å². The van der Waals surface area contributed by atoms with E-state index in [9.17, 15) is 0 Å². The lowest BCUT2D eigenvalue weighted by atomic mass is 9.78. The van der Waals surface area contributed by atoms with Crippen LogP contribution in [0.3, 0.4) is 0 Å². The van der Waals surface area contributed by atoms with E-state index < -0.39 is 0 Å². The van der Waals surface area contributed by atoms with Crippen molar-refractivity contribution in [1.29, 1.82) is 0 Å². The van der Waals surface area contributed by atoms with Crippen LogP contribution in [0.15, 0.2) is 0 Å². The Bertz CT molecular complexity index is 174. The molecule has 0 bridgehead atoms. The van der Waals surface area contributed by atoms with E-state index in [0.717, 1.165) is 19.0 Å². The number of likely N-dealkylation sites (tertiary alicyclic amines) is 1. The molecule has 1 aliphatic carbocycles. The molecule has 1 saturated carbocycles. The van der Waals surface area contributed by atoms with Crippen molar-refractivity contribution in [3.8, 4) is 0 Å². The molecule has 3 nitrogen and oxygen atoms in total. The van der Waals surface area contributed by atoms with Crippen LogP contribution in [0.2, 0.25) is 0 Å². The summed E-state index contributed by atoms with van der Waals surface area (Å²) in [5, 5.41) is 8.85. The molecular weight excluding hydrogens is 164 g/mol. The molecule has 0 amide bonds. The Morgan fingerprint density at radius 1 is 1.31 bits per heavy atom. The smallest absolute Gasteiger partial charge is 0.0558 e. The maximum absolute atomic E-state index is 8.85. The second-order valence-electron chi connectivity index (χ2n) is 4.50. The molecule has 3 unspecified atom stereocenters. The van der Waals surface area contributed by atoms with Crippen LogP contribution in [-0.2, 0) is 0 Å². The Balaban J connectivity index is 1.92. The number of hydrogen-bond donors (Lipinski definition) is 2. The average Bonchev–Trinajstić information content (AvgIpc) is 2.49. The van der Waals surface area contributed by atoms with Gasteiger partial charge in [0.25, 0.3) is 0 Å². The van der Waals surface area contributed by atoms with Crippen molar-refractivity contribution in [2.45, 2.75) is 25.3 Å². The summed E-state index contributed by atoms with van der Waals surface area (Å²) in [6.07, 6.45) is 3.85. The van der Waals surface area contributed by atoms with Gasteiger partial charge in [-0.05, 0) is 24.7 Å². The number of aliphatic hydroxyl groups is 1. The largest absolute Gasteiger partial charge is 0.395 e. The van der Waals surface area contributed by atoms with Crippen LogP contribution >= 0.6 is 0 Å². The van der Waals surface area contributed by atoms with Gasteiger partial charge in [0.2, 0.25) is 0 Å². The maximum atomic E-state index is 8.85. The Hall–Kier alpha value is -0.120. The highest BCUT2D eigenvalue weighted by Crippen LogP contribution is 2.35. The molecule has 76 valence electrons. The highest BCUT2D eigenvalue weighted by atomic mass is 16.3. The first kappa shape index (κ1) is 9.44. The van der Waals surface area contributed by atoms with Gasteiger partial charge in [0.15, 0.2) is 0 Å². The van der Waals surface area contributed by atoms with Gasteiger partial charge in [-0.2, -0.15) is 0 Å². The summed E-state index contributed by atoms with van der Waals surface area (Å²) >= 11 is 0. The molecular formula is C10H20N2O. The summed E-state index contributed by atoms with van der Waals surface area (Å²) in [6, 6.07) is 0.419. The molecule has 0 radical (unpaired) electrons. The van der Waals surface area contributed by atoms with E-state index in [1.165, 1.54) is 25.8 Å². The van der Waals surface area contributed by atoms with Gasteiger partial charge in [-0.1, -0.05) is 6.42 Å². The van der Waals surface area contributed by atoms with Gasteiger partial charge < -0.3 is 15.7 Å². The predicted octanol–water partition coefficient (Wildman–Crippen LogP) is 0.0379. The predicted molar refractivity (Wildman–Crippen MR) is 52.3 cm³/mol. The molecule has 1 saturated heterocycles. The van der Waals surface area contributed by atoms with Crippen molar-refractivity contribution in [1.82, 2.24) is 4.90 Å². The van der Waals surface area contributed by atoms with Crippen LogP contribution < -0.4 is 5.73 Å². The summed E-state index contributed by atoms with van der Waals surface area (Å²) in [5.74, 6) is 1.52. The quantitative estimate of drug-likeness (QED) is 0.637. The van der Waals surface area contributed by atoms with Gasteiger partial charge in [-0.15, -0.1) is 0 Å². The number of β-amino-alcohol motifs (C(OH)–C–C–N with tert-alkyl or cyclic N) is 1. The van der Waals surface area contributed by atoms with Gasteiger partial charge in [0, 0.05) is 25.7 Å². The number of rotatable bonds is 2. The molecule has 3 N–H and O–H groups in total. The van der Waals surface area contributed by atoms with Gasteiger partial charge in [0.1, 0.15) is 0 Å². The SMILES string of the molecule is NC1CCCC2CN(CCO)CC12. The summed E-state index contributed by atoms with van der Waals surface area (Å²) < 4.78 is 0. The molecule has 2 rings (SSSR count). The second kappa shape index (κ2) is 3.95. The van der Waals surface area contributed by atoms with Crippen molar-refractivity contribution >= 4 is 0 Å². The van der Waals surface area contributed by atoms with Crippen LogP contribution in [-0.4, -0.2) is 42.3 Å². The lowest BCUT2D eigenvalue weighted by Gasteiger charge is -2.29. The molecule has 1 aliphatic heterocycles. The zero-order valence-corrected chi connectivity index (χ0v) is 8.15. The fraction of sp³-hybridized carbons (Fsp3) is 1.00. The Morgan fingerprint density at radius 3 is 2.85 bits per heavy atom. The minimum atomic E-state index is 0.286. The molecule has 13 heavy (non-hydrogen) atoms. The summed E-state index contributed by atoms with van der Waals surface area (Å²) in [5.41, 5.74) is 6.09. The Morgan fingerprint density at radius 2 is 2.15 bits per heavy atom. The zero-order valence-electron chi connectivity index (χ0n) is 8.15. The molecule has 0 spiro atoms. The molecule has 1 heterocycles. The van der Waals surface area contributed by atoms with E-state index >= 15 is 0 Å². The number of nitrogens with two attached hydrogens (primary N) is 1. The number of aliphatic hydroxyl groups excluding tert-OH is 1. The average molecular weight is 184 g/mol. The molecule has 2 fully saturated rings. The van der Waals surface area contributed by atoms with Gasteiger partial charge in [-0.3, -0.25) is 0 Å². The van der Waals surface area contributed by atoms with Crippen LogP contribution in [0.4, 0.5) is 0 Å². The van der Waals surface area contributed by atoms with Crippen LogP contribution in [0.5, 0.6) is 0 Å². The van der Waals surface area contributed by atoms with Crippen LogP contribution in [0, 0.1) is 11.8 Å². The lowest BCUT2D eigenvalue weighted by molar-refractivity contribution is 0.214. The number of nitrogens with zero attached hydrogens (tertiary/aromatic N) is 1. The Labute approximate surface area is 79.9 Å². The van der Waals surface area contributed by atoms with E-state index in [2.05, 4.69) is 4.90 Å². The fourth-order valence-corrected chi connectivity index (χ4v) is 2.93. The topological polar surface area (TPSA) is 49.5 Å². The van der Waals surface area contributed by atoms with E-state index in [1.54, 1.807) is 0 Å². The normalized spacial score (nSPS) is 40.6. The molecule has 0 aromatic heterocycles. The third-order valence-electron chi connectivity index (χ3n) is 3.65. The van der Waals surface area contributed by atoms with Gasteiger partial charge in [0.05, 0.1) is 6.61 Å².